The summed E-state index contributed by atoms with van der Waals surface area (Å²) in [6, 6.07) is 21.1. The zero-order valence-electron chi connectivity index (χ0n) is 35.3. The number of hydrogen-bond acceptors (Lipinski definition) is 12. The smallest absolute Gasteiger partial charge is 0.413 e. The summed E-state index contributed by atoms with van der Waals surface area (Å²) in [5.74, 6) is -2.00. The summed E-state index contributed by atoms with van der Waals surface area (Å²) >= 11 is 0. The van der Waals surface area contributed by atoms with Gasteiger partial charge >= 0.3 is 24.1 Å². The van der Waals surface area contributed by atoms with Gasteiger partial charge in [-0.15, -0.1) is 0 Å². The lowest BCUT2D eigenvalue weighted by Crippen LogP contribution is -2.46. The van der Waals surface area contributed by atoms with Gasteiger partial charge in [0.1, 0.15) is 18.8 Å². The molecule has 4 rings (SSSR count). The van der Waals surface area contributed by atoms with Gasteiger partial charge in [-0.25, -0.2) is 9.59 Å². The lowest BCUT2D eigenvalue weighted by molar-refractivity contribution is -0.176. The van der Waals surface area contributed by atoms with E-state index < -0.39 is 54.5 Å². The molecule has 3 atom stereocenters. The van der Waals surface area contributed by atoms with Gasteiger partial charge in [-0.05, 0) is 75.1 Å². The molecule has 2 N–H and O–H groups in total. The van der Waals surface area contributed by atoms with Gasteiger partial charge in [0.05, 0.1) is 44.9 Å². The van der Waals surface area contributed by atoms with E-state index in [0.717, 1.165) is 27.6 Å². The summed E-state index contributed by atoms with van der Waals surface area (Å²) in [6.07, 6.45) is -1.54. The van der Waals surface area contributed by atoms with Crippen molar-refractivity contribution >= 4 is 46.5 Å². The van der Waals surface area contributed by atoms with Crippen molar-refractivity contribution in [3.8, 4) is 0 Å². The molecule has 59 heavy (non-hydrogen) atoms. The number of rotatable bonds is 20. The molecule has 0 aliphatic carbocycles. The van der Waals surface area contributed by atoms with Crippen molar-refractivity contribution in [3.63, 3.8) is 0 Å². The monoisotopic (exact) mass is 820 g/mol. The normalized spacial score (nSPS) is 15.0. The van der Waals surface area contributed by atoms with Crippen molar-refractivity contribution in [2.75, 3.05) is 64.1 Å². The molecule has 0 spiro atoms. The Kier molecular flexibility index (Phi) is 17.8. The second kappa shape index (κ2) is 22.7. The molecule has 0 radical (unpaired) electrons. The van der Waals surface area contributed by atoms with E-state index >= 15 is 0 Å². The number of nitrogens with one attached hydrogen (secondary N) is 2. The van der Waals surface area contributed by atoms with Crippen molar-refractivity contribution in [1.29, 1.82) is 0 Å². The van der Waals surface area contributed by atoms with E-state index in [4.69, 9.17) is 28.4 Å². The molecule has 0 bridgehead atoms. The molecule has 1 aliphatic heterocycles. The van der Waals surface area contributed by atoms with Crippen LogP contribution < -0.4 is 15.5 Å². The predicted octanol–water partition coefficient (Wildman–Crippen LogP) is 5.92. The number of carbonyl (C=O) groups excluding carboxylic acids is 5. The van der Waals surface area contributed by atoms with Crippen molar-refractivity contribution in [2.45, 2.75) is 85.3 Å². The zero-order valence-corrected chi connectivity index (χ0v) is 35.3. The number of fused-ring (bicyclic) bond motifs is 1. The fourth-order valence-corrected chi connectivity index (χ4v) is 6.57. The summed E-state index contributed by atoms with van der Waals surface area (Å²) in [5, 5.41) is 7.10. The Hall–Kier alpha value is -5.41. The second-order valence-corrected chi connectivity index (χ2v) is 15.5. The molecule has 0 saturated carbocycles. The first-order chi connectivity index (χ1) is 28.1. The van der Waals surface area contributed by atoms with Crippen LogP contribution in [-0.4, -0.2) is 112 Å². The Morgan fingerprint density at radius 3 is 2.27 bits per heavy atom. The molecule has 3 aromatic rings. The zero-order chi connectivity index (χ0) is 43.0. The first-order valence-corrected chi connectivity index (χ1v) is 20.2. The third-order valence-corrected chi connectivity index (χ3v) is 9.37. The highest BCUT2D eigenvalue weighted by Crippen LogP contribution is 2.34. The third-order valence-electron chi connectivity index (χ3n) is 9.37. The number of benzene rings is 3. The molecule has 1 aliphatic rings. The summed E-state index contributed by atoms with van der Waals surface area (Å²) < 4.78 is 32.5. The third kappa shape index (κ3) is 15.0. The van der Waals surface area contributed by atoms with Crippen molar-refractivity contribution < 1.29 is 52.4 Å². The van der Waals surface area contributed by atoms with Crippen molar-refractivity contribution in [3.05, 3.63) is 77.9 Å². The number of esters is 2. The van der Waals surface area contributed by atoms with Crippen molar-refractivity contribution in [1.82, 2.24) is 15.5 Å². The molecular formula is C44H60N4O11. The van der Waals surface area contributed by atoms with E-state index in [-0.39, 0.29) is 51.4 Å². The molecule has 1 saturated heterocycles. The van der Waals surface area contributed by atoms with Crippen molar-refractivity contribution in [2.24, 2.45) is 5.92 Å². The molecule has 15 heteroatoms. The summed E-state index contributed by atoms with van der Waals surface area (Å²) in [5.41, 5.74) is 2.17. The maximum atomic E-state index is 14.3. The topological polar surface area (TPSA) is 171 Å². The number of carbonyl (C=O) groups is 5. The van der Waals surface area contributed by atoms with Crippen LogP contribution in [0, 0.1) is 5.92 Å². The Balaban J connectivity index is 1.33. The number of alkyl carbamates (subject to hydrolysis) is 1. The minimum Gasteiger partial charge on any atom is -0.466 e. The number of hydrogen-bond donors (Lipinski definition) is 2. The first-order valence-electron chi connectivity index (χ1n) is 20.2. The second-order valence-electron chi connectivity index (χ2n) is 15.5. The number of anilines is 1. The molecule has 0 aromatic heterocycles. The predicted molar refractivity (Wildman–Crippen MR) is 222 cm³/mol. The summed E-state index contributed by atoms with van der Waals surface area (Å²) in [7, 11) is 0. The minimum atomic E-state index is -1.23. The molecule has 15 nitrogen and oxygen atoms in total. The fourth-order valence-electron chi connectivity index (χ4n) is 6.57. The minimum absolute atomic E-state index is 0.117. The number of nitrogens with zero attached hydrogens (tertiary/aromatic N) is 2. The highest BCUT2D eigenvalue weighted by Gasteiger charge is 2.38. The fraction of sp³-hybridized carbons (Fsp3) is 0.523. The molecule has 322 valence electrons. The van der Waals surface area contributed by atoms with Gasteiger partial charge in [0, 0.05) is 31.2 Å². The first kappa shape index (κ1) is 46.3. The Labute approximate surface area is 346 Å². The number of ether oxygens (including phenoxy) is 6. The van der Waals surface area contributed by atoms with E-state index in [1.807, 2.05) is 73.7 Å². The van der Waals surface area contributed by atoms with Crippen LogP contribution in [0.5, 0.6) is 0 Å². The summed E-state index contributed by atoms with van der Waals surface area (Å²) in [4.78, 5) is 67.2. The molecule has 1 heterocycles. The van der Waals surface area contributed by atoms with Crippen LogP contribution in [-0.2, 0) is 49.2 Å². The van der Waals surface area contributed by atoms with Gasteiger partial charge in [0.15, 0.2) is 0 Å². The van der Waals surface area contributed by atoms with Gasteiger partial charge in [0.25, 0.3) is 6.29 Å². The van der Waals surface area contributed by atoms with E-state index in [0.29, 0.717) is 26.1 Å². The average molecular weight is 821 g/mol. The molecule has 3 aromatic carbocycles. The average Bonchev–Trinajstić information content (AvgIpc) is 3.67. The van der Waals surface area contributed by atoms with Crippen LogP contribution in [0.25, 0.3) is 10.8 Å². The SMILES string of the molecule is CCOC(=O)Cc1ccc(N2CC[C@H](N(C(=O)OC(OC(=O)CNC(=O)COCCOCCNC(=O)OC(C)(C)C)C(C)C)[C@H](C)c3cccc4ccccc34)C2)cc1. The highest BCUT2D eigenvalue weighted by molar-refractivity contribution is 5.87. The Morgan fingerprint density at radius 1 is 0.847 bits per heavy atom. The molecular weight excluding hydrogens is 761 g/mol. The van der Waals surface area contributed by atoms with Crippen LogP contribution in [0.1, 0.15) is 72.1 Å². The van der Waals surface area contributed by atoms with Gasteiger partial charge in [-0.3, -0.25) is 19.3 Å². The van der Waals surface area contributed by atoms with Gasteiger partial charge in [-0.2, -0.15) is 0 Å². The van der Waals surface area contributed by atoms with Crippen LogP contribution in [0.2, 0.25) is 0 Å². The maximum absolute atomic E-state index is 14.3. The van der Waals surface area contributed by atoms with E-state index in [1.165, 1.54) is 0 Å². The van der Waals surface area contributed by atoms with Gasteiger partial charge in [-0.1, -0.05) is 68.4 Å². The molecule has 3 amide bonds. The van der Waals surface area contributed by atoms with Gasteiger partial charge < -0.3 is 44.0 Å². The summed E-state index contributed by atoms with van der Waals surface area (Å²) in [6.45, 7) is 14.2. The van der Waals surface area contributed by atoms with E-state index in [9.17, 15) is 24.0 Å². The Morgan fingerprint density at radius 2 is 1.56 bits per heavy atom. The highest BCUT2D eigenvalue weighted by atomic mass is 16.7. The molecule has 1 unspecified atom stereocenters. The van der Waals surface area contributed by atoms with E-state index in [1.54, 1.807) is 46.4 Å². The lowest BCUT2D eigenvalue weighted by Gasteiger charge is -2.36. The quantitative estimate of drug-likeness (QED) is 0.0598. The van der Waals surface area contributed by atoms with Crippen LogP contribution >= 0.6 is 0 Å². The van der Waals surface area contributed by atoms with E-state index in [2.05, 4.69) is 15.5 Å². The van der Waals surface area contributed by atoms with Crippen LogP contribution in [0.4, 0.5) is 15.3 Å². The Bertz CT molecular complexity index is 1840. The largest absolute Gasteiger partial charge is 0.466 e. The van der Waals surface area contributed by atoms with Crippen LogP contribution in [0.15, 0.2) is 66.7 Å². The standard InChI is InChI=1S/C44H60N4O11/c1-8-56-39(50)26-32-16-18-34(19-17-32)47-22-20-35(28-47)48(31(4)36-15-11-13-33-12-9-10-14-37(33)36)43(53)58-41(30(2)3)57-40(51)27-46-38(49)29-55-25-24-54-23-21-45-42(52)59-44(5,6)7/h9-19,30-31,35,41H,8,20-29H2,1-7H3,(H,45,52)(H,46,49)/t31-,35+,41?/m1/s1. The van der Waals surface area contributed by atoms with Crippen LogP contribution in [0.3, 0.4) is 0 Å². The molecule has 1 fully saturated rings. The lowest BCUT2D eigenvalue weighted by atomic mass is 9.97. The maximum Gasteiger partial charge on any atom is 0.413 e. The number of amides is 3. The van der Waals surface area contributed by atoms with Gasteiger partial charge in [0.2, 0.25) is 5.91 Å².